The largest absolute Gasteiger partial charge is 0.440 e. The van der Waals surface area contributed by atoms with E-state index < -0.39 is 24.1 Å². The first-order valence-electron chi connectivity index (χ1n) is 2.65. The fourth-order valence-electron chi connectivity index (χ4n) is 0.491. The maximum atomic E-state index is 12.0. The molecule has 0 aliphatic heterocycles. The third-order valence-electron chi connectivity index (χ3n) is 1.18. The van der Waals surface area contributed by atoms with Crippen molar-refractivity contribution in [2.75, 3.05) is 0 Å². The Labute approximate surface area is 70.1 Å². The topological polar surface area (TPSA) is 19.9 Å². The second-order valence-corrected chi connectivity index (χ2v) is 2.17. The van der Waals surface area contributed by atoms with Crippen molar-refractivity contribution in [2.45, 2.75) is 24.1 Å². The lowest BCUT2D eigenvalue weighted by Crippen LogP contribution is -2.63. The van der Waals surface area contributed by atoms with E-state index in [0.717, 1.165) is 0 Å². The first-order chi connectivity index (χ1) is 5.75. The van der Waals surface area contributed by atoms with Crippen LogP contribution in [-0.4, -0.2) is 24.1 Å². The lowest BCUT2D eigenvalue weighted by atomic mass is 10.0. The Morgan fingerprint density at radius 1 is 0.571 bits per heavy atom. The minimum atomic E-state index is -7.08. The van der Waals surface area contributed by atoms with Crippen molar-refractivity contribution < 1.29 is 44.6 Å². The van der Waals surface area contributed by atoms with Crippen LogP contribution in [0.5, 0.6) is 0 Å². The van der Waals surface area contributed by atoms with Crippen molar-refractivity contribution in [3.63, 3.8) is 0 Å². The van der Waals surface area contributed by atoms with Crippen LogP contribution in [0.1, 0.15) is 0 Å². The highest BCUT2D eigenvalue weighted by molar-refractivity contribution is 5.00. The Kier molecular flexibility index (Phi) is 2.77. The summed E-state index contributed by atoms with van der Waals surface area (Å²) in [7, 11) is 0. The van der Waals surface area contributed by atoms with Crippen LogP contribution in [0, 0.1) is 0 Å². The SMILES string of the molecule is [O]C(F)(F)C(F)(C(F)(F)F)C(F)(F)F. The van der Waals surface area contributed by atoms with E-state index in [1.807, 2.05) is 0 Å². The van der Waals surface area contributed by atoms with Gasteiger partial charge in [-0.05, 0) is 0 Å². The average Bonchev–Trinajstić information content (AvgIpc) is 1.77. The molecule has 0 amide bonds. The minimum absolute atomic E-state index is 6.84. The lowest BCUT2D eigenvalue weighted by Gasteiger charge is -2.31. The Bertz CT molecular complexity index is 170. The third-order valence-corrected chi connectivity index (χ3v) is 1.18. The molecule has 1 nitrogen and oxygen atoms in total. The molecule has 0 fully saturated rings. The van der Waals surface area contributed by atoms with Crippen molar-refractivity contribution in [3.05, 3.63) is 0 Å². The van der Waals surface area contributed by atoms with Gasteiger partial charge in [-0.2, -0.15) is 40.2 Å². The summed E-state index contributed by atoms with van der Waals surface area (Å²) < 4.78 is 103. The summed E-state index contributed by atoms with van der Waals surface area (Å²) in [6.45, 7) is 0. The molecule has 0 bridgehead atoms. The standard InChI is InChI=1S/C4F9O/c5-1(2(6,7)8,3(9,10)11)4(12,13)14. The molecule has 0 aromatic heterocycles. The Morgan fingerprint density at radius 2 is 0.786 bits per heavy atom. The highest BCUT2D eigenvalue weighted by atomic mass is 19.4. The fraction of sp³-hybridized carbons (Fsp3) is 1.00. The molecule has 85 valence electrons. The Balaban J connectivity index is 5.54. The first kappa shape index (κ1) is 13.3. The highest BCUT2D eigenvalue weighted by Gasteiger charge is 2.85. The van der Waals surface area contributed by atoms with E-state index in [1.165, 1.54) is 0 Å². The Hall–Kier alpha value is -0.670. The quantitative estimate of drug-likeness (QED) is 0.623. The molecule has 0 rings (SSSR count). The molecule has 0 spiro atoms. The molecule has 0 aliphatic carbocycles. The number of alkyl halides is 9. The summed E-state index contributed by atoms with van der Waals surface area (Å²) in [5.74, 6) is 0. The normalized spacial score (nSPS) is 15.9. The van der Waals surface area contributed by atoms with Crippen molar-refractivity contribution in [1.82, 2.24) is 0 Å². The van der Waals surface area contributed by atoms with Gasteiger partial charge in [-0.1, -0.05) is 0 Å². The van der Waals surface area contributed by atoms with E-state index in [0.29, 0.717) is 0 Å². The lowest BCUT2D eigenvalue weighted by molar-refractivity contribution is -0.453. The van der Waals surface area contributed by atoms with Gasteiger partial charge in [0.05, 0.1) is 0 Å². The zero-order valence-corrected chi connectivity index (χ0v) is 5.81. The molecular formula is C4F9O. The zero-order chi connectivity index (χ0) is 12.0. The third kappa shape index (κ3) is 1.74. The Morgan fingerprint density at radius 3 is 0.786 bits per heavy atom. The summed E-state index contributed by atoms with van der Waals surface area (Å²) in [4.78, 5) is 0. The smallest absolute Gasteiger partial charge is 0.213 e. The van der Waals surface area contributed by atoms with Gasteiger partial charge in [-0.15, -0.1) is 0 Å². The fourth-order valence-corrected chi connectivity index (χ4v) is 0.491. The minimum Gasteiger partial charge on any atom is -0.213 e. The van der Waals surface area contributed by atoms with Gasteiger partial charge in [0, 0.05) is 0 Å². The van der Waals surface area contributed by atoms with Gasteiger partial charge in [0.25, 0.3) is 0 Å². The molecule has 10 heteroatoms. The maximum absolute atomic E-state index is 12.0. The molecule has 0 saturated heterocycles. The van der Waals surface area contributed by atoms with Gasteiger partial charge in [0.15, 0.2) is 0 Å². The molecule has 0 saturated carbocycles. The van der Waals surface area contributed by atoms with Crippen LogP contribution in [0.2, 0.25) is 0 Å². The summed E-state index contributed by atoms with van der Waals surface area (Å²) in [5, 5.41) is 9.27. The molecule has 0 atom stereocenters. The summed E-state index contributed by atoms with van der Waals surface area (Å²) >= 11 is 0. The van der Waals surface area contributed by atoms with Crippen LogP contribution >= 0.6 is 0 Å². The van der Waals surface area contributed by atoms with Crippen LogP contribution in [0.25, 0.3) is 0 Å². The zero-order valence-electron chi connectivity index (χ0n) is 5.81. The summed E-state index contributed by atoms with van der Waals surface area (Å²) in [6, 6.07) is 0. The molecule has 0 aromatic rings. The van der Waals surface area contributed by atoms with Gasteiger partial charge in [0.2, 0.25) is 0 Å². The van der Waals surface area contributed by atoms with Crippen molar-refractivity contribution in [2.24, 2.45) is 0 Å². The van der Waals surface area contributed by atoms with Gasteiger partial charge in [0.1, 0.15) is 0 Å². The molecule has 0 aliphatic rings. The number of hydrogen-bond acceptors (Lipinski definition) is 0. The van der Waals surface area contributed by atoms with Gasteiger partial charge in [-0.3, -0.25) is 0 Å². The molecule has 14 heavy (non-hydrogen) atoms. The highest BCUT2D eigenvalue weighted by Crippen LogP contribution is 2.53. The van der Waals surface area contributed by atoms with Gasteiger partial charge < -0.3 is 0 Å². The molecule has 0 aromatic carbocycles. The van der Waals surface area contributed by atoms with E-state index in [2.05, 4.69) is 0 Å². The number of halogens is 9. The van der Waals surface area contributed by atoms with Crippen molar-refractivity contribution >= 4 is 0 Å². The second-order valence-electron chi connectivity index (χ2n) is 2.17. The van der Waals surface area contributed by atoms with Crippen LogP contribution < -0.4 is 0 Å². The predicted octanol–water partition coefficient (Wildman–Crippen LogP) is 2.84. The van der Waals surface area contributed by atoms with E-state index in [4.69, 9.17) is 0 Å². The first-order valence-corrected chi connectivity index (χ1v) is 2.65. The number of rotatable bonds is 1. The maximum Gasteiger partial charge on any atom is 0.440 e. The monoisotopic (exact) mass is 235 g/mol. The predicted molar refractivity (Wildman–Crippen MR) is 21.6 cm³/mol. The second kappa shape index (κ2) is 2.91. The van der Waals surface area contributed by atoms with Crippen molar-refractivity contribution in [1.29, 1.82) is 0 Å². The van der Waals surface area contributed by atoms with E-state index >= 15 is 0 Å². The number of hydrogen-bond donors (Lipinski definition) is 0. The van der Waals surface area contributed by atoms with E-state index in [9.17, 15) is 44.6 Å². The van der Waals surface area contributed by atoms with Crippen molar-refractivity contribution in [3.8, 4) is 0 Å². The van der Waals surface area contributed by atoms with Gasteiger partial charge >= 0.3 is 24.1 Å². The molecular weight excluding hydrogens is 235 g/mol. The molecule has 0 unspecified atom stereocenters. The van der Waals surface area contributed by atoms with Gasteiger partial charge in [-0.25, -0.2) is 4.39 Å². The van der Waals surface area contributed by atoms with E-state index in [1.54, 1.807) is 0 Å². The summed E-state index contributed by atoms with van der Waals surface area (Å²) in [5.41, 5.74) is -7.08. The summed E-state index contributed by atoms with van der Waals surface area (Å²) in [6.07, 6.45) is -20.9. The van der Waals surface area contributed by atoms with Crippen LogP contribution in [0.15, 0.2) is 0 Å². The van der Waals surface area contributed by atoms with Crippen LogP contribution in [0.4, 0.5) is 39.5 Å². The molecule has 0 heterocycles. The van der Waals surface area contributed by atoms with Crippen LogP contribution in [-0.2, 0) is 5.11 Å². The molecule has 1 radical (unpaired) electrons. The van der Waals surface area contributed by atoms with Crippen LogP contribution in [0.3, 0.4) is 0 Å². The average molecular weight is 235 g/mol. The molecule has 0 N–H and O–H groups in total. The van der Waals surface area contributed by atoms with E-state index in [-0.39, 0.29) is 0 Å².